The molecule has 0 fully saturated rings. The van der Waals surface area contributed by atoms with Gasteiger partial charge in [-0.2, -0.15) is 0 Å². The topological polar surface area (TPSA) is 235 Å². The highest BCUT2D eigenvalue weighted by atomic mass is 31.2. The van der Waals surface area contributed by atoms with Gasteiger partial charge in [-0.05, 0) is 31.4 Å². The molecule has 0 bridgehead atoms. The molecule has 0 amide bonds. The number of nitrogens with zero attached hydrogens (tertiary/aromatic N) is 7. The summed E-state index contributed by atoms with van der Waals surface area (Å²) in [5.74, 6) is -3.10. The quantitative estimate of drug-likeness (QED) is 0.133. The van der Waals surface area contributed by atoms with Crippen LogP contribution in [-0.4, -0.2) is 70.2 Å². The number of nitrogens with two attached hydrogens (primary N) is 1. The van der Waals surface area contributed by atoms with Gasteiger partial charge in [-0.3, -0.25) is 13.7 Å². The van der Waals surface area contributed by atoms with Crippen molar-refractivity contribution in [1.82, 2.24) is 19.5 Å². The van der Waals surface area contributed by atoms with E-state index in [-0.39, 0.29) is 22.9 Å². The third-order valence-electron chi connectivity index (χ3n) is 4.23. The molecule has 0 saturated carbocycles. The summed E-state index contributed by atoms with van der Waals surface area (Å²) >= 11 is 0. The molecule has 0 aromatic carbocycles. The fraction of sp³-hybridized carbons (Fsp3) is 0.667. The Morgan fingerprint density at radius 3 is 2.66 bits per heavy atom. The van der Waals surface area contributed by atoms with Crippen LogP contribution in [0.5, 0.6) is 0 Å². The molecule has 0 radical (unpaired) electrons. The van der Waals surface area contributed by atoms with E-state index in [4.69, 9.17) is 16.0 Å². The predicted molar refractivity (Wildman–Crippen MR) is 108 cm³/mol. The standard InChI is InChI=1S/C15H24FN8O7P/c1-14(2,27)32(28,29)31-15(3,16)4-5-30-12(8(26)6-25)24-11-9(10(17)19-7-20-11)21-13(24)22-23-18/h7-8,12,25-27H,4-6H2,1-3H3,(H,28,29)(H2,17,19,20)/t8-,12-,15?/m1/s1. The minimum Gasteiger partial charge on any atom is -0.394 e. The van der Waals surface area contributed by atoms with Crippen LogP contribution in [0.3, 0.4) is 0 Å². The summed E-state index contributed by atoms with van der Waals surface area (Å²) in [4.78, 5) is 24.1. The molecule has 17 heteroatoms. The van der Waals surface area contributed by atoms with Crippen molar-refractivity contribution in [3.63, 3.8) is 0 Å². The van der Waals surface area contributed by atoms with E-state index in [0.717, 1.165) is 31.7 Å². The zero-order valence-corrected chi connectivity index (χ0v) is 18.3. The van der Waals surface area contributed by atoms with Crippen molar-refractivity contribution in [3.05, 3.63) is 16.8 Å². The Balaban J connectivity index is 2.32. The highest BCUT2D eigenvalue weighted by Gasteiger charge is 2.45. The van der Waals surface area contributed by atoms with Crippen molar-refractivity contribution in [3.8, 4) is 0 Å². The summed E-state index contributed by atoms with van der Waals surface area (Å²) in [5, 5.41) is 30.6. The monoisotopic (exact) mass is 478 g/mol. The molecule has 6 N–H and O–H groups in total. The smallest absolute Gasteiger partial charge is 0.361 e. The van der Waals surface area contributed by atoms with Gasteiger partial charge in [0.15, 0.2) is 28.6 Å². The van der Waals surface area contributed by atoms with Gasteiger partial charge >= 0.3 is 7.60 Å². The van der Waals surface area contributed by atoms with Gasteiger partial charge in [0.1, 0.15) is 12.4 Å². The molecule has 0 aliphatic carbocycles. The van der Waals surface area contributed by atoms with Crippen LogP contribution in [-0.2, 0) is 13.8 Å². The van der Waals surface area contributed by atoms with Crippen LogP contribution in [0.25, 0.3) is 21.6 Å². The lowest BCUT2D eigenvalue weighted by Gasteiger charge is -2.31. The third-order valence-corrected chi connectivity index (χ3v) is 6.25. The zero-order valence-electron chi connectivity index (χ0n) is 17.4. The molecule has 0 aliphatic rings. The number of anilines is 1. The number of alkyl halides is 1. The highest BCUT2D eigenvalue weighted by molar-refractivity contribution is 7.54. The number of azide groups is 1. The summed E-state index contributed by atoms with van der Waals surface area (Å²) in [6, 6.07) is 0. The lowest BCUT2D eigenvalue weighted by Crippen LogP contribution is -2.33. The molecule has 0 spiro atoms. The first-order chi connectivity index (χ1) is 14.7. The van der Waals surface area contributed by atoms with E-state index in [1.54, 1.807) is 0 Å². The van der Waals surface area contributed by atoms with E-state index in [0.29, 0.717) is 0 Å². The van der Waals surface area contributed by atoms with Crippen molar-refractivity contribution < 1.29 is 38.4 Å². The number of fused-ring (bicyclic) bond motifs is 1. The van der Waals surface area contributed by atoms with Crippen LogP contribution in [0.2, 0.25) is 0 Å². The molecule has 2 rings (SSSR count). The first-order valence-corrected chi connectivity index (χ1v) is 10.7. The molecule has 178 valence electrons. The second kappa shape index (κ2) is 9.60. The van der Waals surface area contributed by atoms with Gasteiger partial charge in [-0.25, -0.2) is 19.3 Å². The normalized spacial score (nSPS) is 17.9. The van der Waals surface area contributed by atoms with Gasteiger partial charge in [-0.15, -0.1) is 0 Å². The van der Waals surface area contributed by atoms with E-state index in [9.17, 15) is 29.2 Å². The Bertz CT molecular complexity index is 1050. The third kappa shape index (κ3) is 5.68. The summed E-state index contributed by atoms with van der Waals surface area (Å²) < 4.78 is 37.8. The van der Waals surface area contributed by atoms with E-state index in [2.05, 4.69) is 29.5 Å². The van der Waals surface area contributed by atoms with Crippen LogP contribution in [0.15, 0.2) is 11.4 Å². The number of nitrogen functional groups attached to an aromatic ring is 1. The Hall–Kier alpha value is -2.42. The van der Waals surface area contributed by atoms with Crippen LogP contribution in [0.1, 0.15) is 33.4 Å². The van der Waals surface area contributed by atoms with E-state index < -0.39 is 50.8 Å². The molecular weight excluding hydrogens is 454 g/mol. The van der Waals surface area contributed by atoms with Crippen LogP contribution >= 0.6 is 7.60 Å². The van der Waals surface area contributed by atoms with Gasteiger partial charge in [0, 0.05) is 11.3 Å². The Labute approximate surface area is 180 Å². The van der Waals surface area contributed by atoms with E-state index >= 15 is 0 Å². The summed E-state index contributed by atoms with van der Waals surface area (Å²) in [6.07, 6.45) is -2.63. The average Bonchev–Trinajstić information content (AvgIpc) is 3.02. The number of imidazole rings is 1. The van der Waals surface area contributed by atoms with Crippen molar-refractivity contribution in [1.29, 1.82) is 0 Å². The van der Waals surface area contributed by atoms with Gasteiger partial charge < -0.3 is 30.7 Å². The summed E-state index contributed by atoms with van der Waals surface area (Å²) in [6.45, 7) is 1.51. The van der Waals surface area contributed by atoms with Crippen LogP contribution < -0.4 is 5.73 Å². The lowest BCUT2D eigenvalue weighted by atomic mass is 10.2. The largest absolute Gasteiger partial charge is 0.394 e. The van der Waals surface area contributed by atoms with Crippen molar-refractivity contribution in [2.45, 2.75) is 50.7 Å². The van der Waals surface area contributed by atoms with Crippen molar-refractivity contribution >= 4 is 30.5 Å². The second-order valence-corrected chi connectivity index (χ2v) is 9.69. The maximum Gasteiger partial charge on any atom is 0.361 e. The van der Waals surface area contributed by atoms with Crippen LogP contribution in [0.4, 0.5) is 16.2 Å². The number of halogens is 1. The number of aliphatic hydroxyl groups excluding tert-OH is 2. The van der Waals surface area contributed by atoms with Gasteiger partial charge in [0.2, 0.25) is 11.8 Å². The maximum absolute atomic E-state index is 14.7. The molecule has 15 nitrogen and oxygen atoms in total. The fourth-order valence-electron chi connectivity index (χ4n) is 2.48. The molecule has 2 aromatic rings. The molecule has 2 heterocycles. The number of aliphatic hydroxyl groups is 3. The number of ether oxygens (including phenoxy) is 1. The van der Waals surface area contributed by atoms with Crippen molar-refractivity contribution in [2.75, 3.05) is 18.9 Å². The molecule has 2 aromatic heterocycles. The van der Waals surface area contributed by atoms with Crippen molar-refractivity contribution in [2.24, 2.45) is 5.11 Å². The molecular formula is C15H24FN8O7P. The fourth-order valence-corrected chi connectivity index (χ4v) is 3.32. The van der Waals surface area contributed by atoms with Gasteiger partial charge in [-0.1, -0.05) is 0 Å². The average molecular weight is 478 g/mol. The first kappa shape index (κ1) is 25.8. The summed E-state index contributed by atoms with van der Waals surface area (Å²) in [5.41, 5.74) is 14.6. The predicted octanol–water partition coefficient (Wildman–Crippen LogP) is 1.22. The molecule has 0 saturated heterocycles. The van der Waals surface area contributed by atoms with Crippen LogP contribution in [0, 0.1) is 0 Å². The first-order valence-electron chi connectivity index (χ1n) is 9.13. The Morgan fingerprint density at radius 1 is 1.44 bits per heavy atom. The van der Waals surface area contributed by atoms with Gasteiger partial charge in [0.25, 0.3) is 0 Å². The molecule has 0 aliphatic heterocycles. The molecule has 32 heavy (non-hydrogen) atoms. The minimum atomic E-state index is -4.76. The van der Waals surface area contributed by atoms with Gasteiger partial charge in [0.05, 0.1) is 13.2 Å². The number of rotatable bonds is 11. The van der Waals surface area contributed by atoms with E-state index in [1.807, 2.05) is 0 Å². The lowest BCUT2D eigenvalue weighted by molar-refractivity contribution is -0.127. The number of hydrogen-bond donors (Lipinski definition) is 5. The maximum atomic E-state index is 14.7. The SMILES string of the molecule is CC(F)(CCO[C@H]([C@H](O)CO)n1c(N=[N+]=[N-])nc2c(N)ncnc21)OP(=O)(O)C(C)(C)O. The molecule has 4 atom stereocenters. The minimum absolute atomic E-state index is 0.00134. The second-order valence-electron chi connectivity index (χ2n) is 7.37. The number of hydrogen-bond acceptors (Lipinski definition) is 11. The molecule has 2 unspecified atom stereocenters. The Morgan fingerprint density at radius 2 is 2.09 bits per heavy atom. The van der Waals surface area contributed by atoms with E-state index in [1.165, 1.54) is 0 Å². The number of aromatic nitrogens is 4. The zero-order chi connectivity index (χ0) is 24.3. The highest BCUT2D eigenvalue weighted by Crippen LogP contribution is 2.56. The summed E-state index contributed by atoms with van der Waals surface area (Å²) in [7, 11) is -4.76. The Kier molecular flexibility index (Phi) is 7.75.